The summed E-state index contributed by atoms with van der Waals surface area (Å²) >= 11 is 0. The van der Waals surface area contributed by atoms with Gasteiger partial charge >= 0.3 is 5.97 Å². The van der Waals surface area contributed by atoms with Gasteiger partial charge in [0.1, 0.15) is 0 Å². The number of benzene rings is 1. The van der Waals surface area contributed by atoms with E-state index in [1.165, 1.54) is 13.2 Å². The lowest BCUT2D eigenvalue weighted by Crippen LogP contribution is -2.25. The van der Waals surface area contributed by atoms with E-state index in [4.69, 9.17) is 9.47 Å². The molecule has 0 saturated heterocycles. The van der Waals surface area contributed by atoms with Gasteiger partial charge in [-0.3, -0.25) is 0 Å². The second-order valence-corrected chi connectivity index (χ2v) is 4.40. The number of carbonyl (C=O) groups is 1. The van der Waals surface area contributed by atoms with Crippen molar-refractivity contribution in [3.05, 3.63) is 23.8 Å². The maximum absolute atomic E-state index is 11.8. The van der Waals surface area contributed by atoms with Crippen LogP contribution in [0.4, 0.5) is 0 Å². The Kier molecular flexibility index (Phi) is 6.87. The second-order valence-electron chi connectivity index (χ2n) is 4.40. The fraction of sp³-hybridized carbons (Fsp3) is 0.533. The molecule has 20 heavy (non-hydrogen) atoms. The zero-order valence-corrected chi connectivity index (χ0v) is 12.4. The van der Waals surface area contributed by atoms with Gasteiger partial charge in [-0.1, -0.05) is 13.8 Å². The highest BCUT2D eigenvalue weighted by Gasteiger charge is 2.10. The summed E-state index contributed by atoms with van der Waals surface area (Å²) in [6, 6.07) is 4.47. The molecule has 0 saturated carbocycles. The Morgan fingerprint density at radius 1 is 1.30 bits per heavy atom. The normalized spacial score (nSPS) is 10.6. The minimum Gasteiger partial charge on any atom is -0.504 e. The Hall–Kier alpha value is -1.75. The number of aromatic hydroxyl groups is 1. The minimum absolute atomic E-state index is 0.0647. The van der Waals surface area contributed by atoms with Crippen LogP contribution in [0.1, 0.15) is 30.6 Å². The lowest BCUT2D eigenvalue weighted by Gasteiger charge is -2.17. The molecule has 0 spiro atoms. The first-order chi connectivity index (χ1) is 9.62. The van der Waals surface area contributed by atoms with Crippen molar-refractivity contribution in [3.63, 3.8) is 0 Å². The molecule has 0 aliphatic carbocycles. The van der Waals surface area contributed by atoms with E-state index in [-0.39, 0.29) is 5.75 Å². The van der Waals surface area contributed by atoms with E-state index in [2.05, 4.69) is 18.7 Å². The van der Waals surface area contributed by atoms with Crippen molar-refractivity contribution in [3.8, 4) is 11.5 Å². The van der Waals surface area contributed by atoms with Crippen LogP contribution in [-0.2, 0) is 4.74 Å². The van der Waals surface area contributed by atoms with Crippen LogP contribution in [0.25, 0.3) is 0 Å². The first kappa shape index (κ1) is 16.3. The largest absolute Gasteiger partial charge is 0.504 e. The Bertz CT molecular complexity index is 430. The number of hydrogen-bond donors (Lipinski definition) is 1. The van der Waals surface area contributed by atoms with Crippen molar-refractivity contribution in [2.45, 2.75) is 20.3 Å². The Morgan fingerprint density at radius 2 is 2.00 bits per heavy atom. The van der Waals surface area contributed by atoms with Crippen LogP contribution in [0.5, 0.6) is 11.5 Å². The van der Waals surface area contributed by atoms with Crippen LogP contribution >= 0.6 is 0 Å². The third kappa shape index (κ3) is 4.74. The topological polar surface area (TPSA) is 59.0 Å². The maximum atomic E-state index is 11.8. The van der Waals surface area contributed by atoms with Crippen molar-refractivity contribution in [1.82, 2.24) is 4.90 Å². The zero-order valence-electron chi connectivity index (χ0n) is 12.4. The fourth-order valence-electron chi connectivity index (χ4n) is 1.89. The lowest BCUT2D eigenvalue weighted by atomic mass is 10.2. The van der Waals surface area contributed by atoms with Crippen molar-refractivity contribution >= 4 is 5.97 Å². The molecular weight excluding hydrogens is 258 g/mol. The van der Waals surface area contributed by atoms with Crippen molar-refractivity contribution in [1.29, 1.82) is 0 Å². The van der Waals surface area contributed by atoms with E-state index in [0.717, 1.165) is 26.1 Å². The molecule has 0 aliphatic heterocycles. The molecule has 0 amide bonds. The summed E-state index contributed by atoms with van der Waals surface area (Å²) in [5, 5.41) is 9.61. The lowest BCUT2D eigenvalue weighted by molar-refractivity contribution is 0.0489. The number of ether oxygens (including phenoxy) is 2. The summed E-state index contributed by atoms with van der Waals surface area (Å²) in [6.45, 7) is 7.50. The average molecular weight is 281 g/mol. The number of phenols is 1. The molecule has 0 heterocycles. The highest BCUT2D eigenvalue weighted by Crippen LogP contribution is 2.26. The van der Waals surface area contributed by atoms with Crippen LogP contribution in [0.2, 0.25) is 0 Å². The number of hydrogen-bond acceptors (Lipinski definition) is 5. The molecule has 0 bridgehead atoms. The zero-order chi connectivity index (χ0) is 15.0. The van der Waals surface area contributed by atoms with Crippen molar-refractivity contribution in [2.75, 3.05) is 33.4 Å². The van der Waals surface area contributed by atoms with E-state index < -0.39 is 5.97 Å². The summed E-state index contributed by atoms with van der Waals surface area (Å²) in [6.07, 6.45) is 0.801. The Balaban J connectivity index is 2.41. The SMILES string of the molecule is CCN(CC)CCCOC(=O)c1ccc(OC)c(O)c1. The summed E-state index contributed by atoms with van der Waals surface area (Å²) in [5.41, 5.74) is 0.325. The van der Waals surface area contributed by atoms with Gasteiger partial charge in [0, 0.05) is 6.54 Å². The molecule has 5 heteroatoms. The highest BCUT2D eigenvalue weighted by atomic mass is 16.5. The summed E-state index contributed by atoms with van der Waals surface area (Å²) in [7, 11) is 1.46. The van der Waals surface area contributed by atoms with Gasteiger partial charge in [0.25, 0.3) is 0 Å². The fourth-order valence-corrected chi connectivity index (χ4v) is 1.89. The Morgan fingerprint density at radius 3 is 2.55 bits per heavy atom. The van der Waals surface area contributed by atoms with E-state index in [9.17, 15) is 9.90 Å². The molecule has 0 fully saturated rings. The molecule has 1 rings (SSSR count). The van der Waals surface area contributed by atoms with Gasteiger partial charge in [-0.2, -0.15) is 0 Å². The van der Waals surface area contributed by atoms with Gasteiger partial charge in [0.2, 0.25) is 0 Å². The van der Waals surface area contributed by atoms with E-state index in [1.54, 1.807) is 12.1 Å². The van der Waals surface area contributed by atoms with Gasteiger partial charge in [-0.05, 0) is 37.7 Å². The predicted molar refractivity (Wildman–Crippen MR) is 77.3 cm³/mol. The quantitative estimate of drug-likeness (QED) is 0.585. The van der Waals surface area contributed by atoms with Crippen molar-refractivity contribution < 1.29 is 19.4 Å². The number of rotatable bonds is 8. The molecule has 0 aromatic heterocycles. The number of carbonyl (C=O) groups excluding carboxylic acids is 1. The van der Waals surface area contributed by atoms with Gasteiger partial charge in [0.15, 0.2) is 11.5 Å². The molecule has 1 aromatic rings. The number of phenolic OH excluding ortho intramolecular Hbond substituents is 1. The second kappa shape index (κ2) is 8.43. The molecule has 0 aliphatic rings. The van der Waals surface area contributed by atoms with Crippen LogP contribution in [0, 0.1) is 0 Å². The molecular formula is C15H23NO4. The summed E-state index contributed by atoms with van der Waals surface area (Å²) in [5.74, 6) is -0.157. The predicted octanol–water partition coefficient (Wildman–Crippen LogP) is 2.29. The van der Waals surface area contributed by atoms with E-state index in [0.29, 0.717) is 17.9 Å². The van der Waals surface area contributed by atoms with Gasteiger partial charge in [0.05, 0.1) is 19.3 Å². The molecule has 1 N–H and O–H groups in total. The minimum atomic E-state index is -0.428. The standard InChI is InChI=1S/C15H23NO4/c1-4-16(5-2)9-6-10-20-15(18)12-7-8-14(19-3)13(17)11-12/h7-8,11,17H,4-6,9-10H2,1-3H3. The Labute approximate surface area is 120 Å². The average Bonchev–Trinajstić information content (AvgIpc) is 2.47. The monoisotopic (exact) mass is 281 g/mol. The van der Waals surface area contributed by atoms with Gasteiger partial charge in [-0.15, -0.1) is 0 Å². The number of nitrogens with zero attached hydrogens (tertiary/aromatic N) is 1. The smallest absolute Gasteiger partial charge is 0.338 e. The summed E-state index contributed by atoms with van der Waals surface area (Å²) in [4.78, 5) is 14.1. The maximum Gasteiger partial charge on any atom is 0.338 e. The number of methoxy groups -OCH3 is 1. The molecule has 1 aromatic carbocycles. The molecule has 0 atom stereocenters. The molecule has 0 radical (unpaired) electrons. The number of esters is 1. The first-order valence-corrected chi connectivity index (χ1v) is 6.88. The third-order valence-electron chi connectivity index (χ3n) is 3.16. The molecule has 5 nitrogen and oxygen atoms in total. The van der Waals surface area contributed by atoms with Gasteiger partial charge in [-0.25, -0.2) is 4.79 Å². The van der Waals surface area contributed by atoms with Crippen LogP contribution in [0.15, 0.2) is 18.2 Å². The van der Waals surface area contributed by atoms with Crippen LogP contribution in [-0.4, -0.2) is 49.3 Å². The van der Waals surface area contributed by atoms with E-state index in [1.807, 2.05) is 0 Å². The molecule has 112 valence electrons. The molecule has 0 unspecified atom stereocenters. The highest BCUT2D eigenvalue weighted by molar-refractivity contribution is 5.90. The van der Waals surface area contributed by atoms with Crippen molar-refractivity contribution in [2.24, 2.45) is 0 Å². The van der Waals surface area contributed by atoms with Gasteiger partial charge < -0.3 is 19.5 Å². The third-order valence-corrected chi connectivity index (χ3v) is 3.16. The first-order valence-electron chi connectivity index (χ1n) is 6.88. The van der Waals surface area contributed by atoms with E-state index >= 15 is 0 Å². The summed E-state index contributed by atoms with van der Waals surface area (Å²) < 4.78 is 10.1. The van der Waals surface area contributed by atoms with Crippen LogP contribution in [0.3, 0.4) is 0 Å². The van der Waals surface area contributed by atoms with Crippen LogP contribution < -0.4 is 4.74 Å².